The summed E-state index contributed by atoms with van der Waals surface area (Å²) in [5, 5.41) is 12.4. The van der Waals surface area contributed by atoms with E-state index in [1.807, 2.05) is 18.3 Å². The SMILES string of the molecule is NC1=C(c2ccc(F)c3[nH]ncc23)c2cc(C3CCN(C4CCC4)CC3)c3cccnc3c2NC1. The molecule has 0 spiro atoms. The number of nitrogens with one attached hydrogen (secondary N) is 2. The van der Waals surface area contributed by atoms with E-state index in [9.17, 15) is 4.39 Å². The van der Waals surface area contributed by atoms with Crippen LogP contribution in [0.4, 0.5) is 10.1 Å². The van der Waals surface area contributed by atoms with E-state index in [-0.39, 0.29) is 5.82 Å². The van der Waals surface area contributed by atoms with Crippen molar-refractivity contribution in [3.8, 4) is 0 Å². The molecule has 6 nitrogen and oxygen atoms in total. The Morgan fingerprint density at radius 1 is 1.03 bits per heavy atom. The molecule has 1 aliphatic carbocycles. The second kappa shape index (κ2) is 8.05. The molecule has 2 aliphatic heterocycles. The van der Waals surface area contributed by atoms with Crippen LogP contribution in [0.2, 0.25) is 0 Å². The number of anilines is 1. The summed E-state index contributed by atoms with van der Waals surface area (Å²) in [4.78, 5) is 7.51. The van der Waals surface area contributed by atoms with E-state index in [0.717, 1.165) is 71.0 Å². The molecule has 2 aromatic carbocycles. The molecule has 0 unspecified atom stereocenters. The summed E-state index contributed by atoms with van der Waals surface area (Å²) in [6.07, 6.45) is 9.95. The van der Waals surface area contributed by atoms with Crippen molar-refractivity contribution in [2.75, 3.05) is 25.0 Å². The highest BCUT2D eigenvalue weighted by Gasteiger charge is 2.31. The van der Waals surface area contributed by atoms with Crippen molar-refractivity contribution < 1.29 is 4.39 Å². The number of H-pyrrole nitrogens is 1. The van der Waals surface area contributed by atoms with Gasteiger partial charge in [-0.15, -0.1) is 0 Å². The minimum Gasteiger partial charge on any atom is -0.400 e. The van der Waals surface area contributed by atoms with Crippen LogP contribution in [0.15, 0.2) is 48.4 Å². The van der Waals surface area contributed by atoms with Crippen molar-refractivity contribution >= 4 is 33.1 Å². The van der Waals surface area contributed by atoms with E-state index in [1.54, 1.807) is 6.20 Å². The number of fused-ring (bicyclic) bond motifs is 4. The van der Waals surface area contributed by atoms with Gasteiger partial charge in [-0.05, 0) is 74.0 Å². The van der Waals surface area contributed by atoms with Gasteiger partial charge in [-0.2, -0.15) is 5.10 Å². The Morgan fingerprint density at radius 2 is 1.89 bits per heavy atom. The van der Waals surface area contributed by atoms with Crippen molar-refractivity contribution in [3.05, 3.63) is 70.9 Å². The molecule has 7 rings (SSSR count). The number of hydrogen-bond acceptors (Lipinski definition) is 5. The summed E-state index contributed by atoms with van der Waals surface area (Å²) >= 11 is 0. The van der Waals surface area contributed by atoms with Gasteiger partial charge in [-0.25, -0.2) is 4.39 Å². The highest BCUT2D eigenvalue weighted by Crippen LogP contribution is 2.45. The lowest BCUT2D eigenvalue weighted by atomic mass is 9.81. The molecule has 0 radical (unpaired) electrons. The van der Waals surface area contributed by atoms with Gasteiger partial charge >= 0.3 is 0 Å². The first-order valence-electron chi connectivity index (χ1n) is 12.7. The summed E-state index contributed by atoms with van der Waals surface area (Å²) in [6, 6.07) is 10.7. The number of nitrogens with zero attached hydrogens (tertiary/aromatic N) is 3. The van der Waals surface area contributed by atoms with Gasteiger partial charge in [0.25, 0.3) is 0 Å². The van der Waals surface area contributed by atoms with Crippen molar-refractivity contribution in [2.45, 2.75) is 44.1 Å². The molecule has 2 fully saturated rings. The molecule has 35 heavy (non-hydrogen) atoms. The van der Waals surface area contributed by atoms with Crippen LogP contribution in [0.1, 0.15) is 54.7 Å². The quantitative estimate of drug-likeness (QED) is 0.389. The largest absolute Gasteiger partial charge is 0.400 e. The molecule has 0 bridgehead atoms. The Morgan fingerprint density at radius 3 is 2.69 bits per heavy atom. The molecule has 3 aliphatic rings. The van der Waals surface area contributed by atoms with Crippen LogP contribution in [-0.2, 0) is 0 Å². The number of hydrogen-bond donors (Lipinski definition) is 3. The summed E-state index contributed by atoms with van der Waals surface area (Å²) in [6.45, 7) is 2.83. The van der Waals surface area contributed by atoms with E-state index in [4.69, 9.17) is 10.7 Å². The monoisotopic (exact) mass is 468 g/mol. The number of nitrogens with two attached hydrogens (primary N) is 1. The Kier molecular flexibility index (Phi) is 4.81. The number of piperidine rings is 1. The van der Waals surface area contributed by atoms with Crippen molar-refractivity contribution in [1.29, 1.82) is 0 Å². The number of aromatic nitrogens is 3. The second-order valence-corrected chi connectivity index (χ2v) is 10.2. The van der Waals surface area contributed by atoms with E-state index in [1.165, 1.54) is 36.3 Å². The summed E-state index contributed by atoms with van der Waals surface area (Å²) in [7, 11) is 0. The van der Waals surface area contributed by atoms with Gasteiger partial charge in [-0.1, -0.05) is 18.6 Å². The maximum atomic E-state index is 14.4. The molecular formula is C28H29FN6. The second-order valence-electron chi connectivity index (χ2n) is 10.2. The Bertz CT molecular complexity index is 1480. The van der Waals surface area contributed by atoms with Gasteiger partial charge < -0.3 is 16.0 Å². The molecule has 2 aromatic heterocycles. The minimum absolute atomic E-state index is 0.311. The van der Waals surface area contributed by atoms with Crippen LogP contribution in [0, 0.1) is 5.82 Å². The molecule has 4 aromatic rings. The molecule has 1 saturated heterocycles. The molecule has 7 heteroatoms. The lowest BCUT2D eigenvalue weighted by Crippen LogP contribution is -2.44. The number of likely N-dealkylation sites (tertiary alicyclic amines) is 1. The normalized spacial score (nSPS) is 19.7. The van der Waals surface area contributed by atoms with Crippen LogP contribution in [0.3, 0.4) is 0 Å². The Hall–Kier alpha value is -3.45. The average molecular weight is 469 g/mol. The maximum absolute atomic E-state index is 14.4. The fourth-order valence-corrected chi connectivity index (χ4v) is 6.29. The third kappa shape index (κ3) is 3.25. The van der Waals surface area contributed by atoms with Crippen LogP contribution in [0.25, 0.3) is 27.4 Å². The zero-order chi connectivity index (χ0) is 23.5. The fourth-order valence-electron chi connectivity index (χ4n) is 6.29. The highest BCUT2D eigenvalue weighted by molar-refractivity contribution is 6.06. The zero-order valence-electron chi connectivity index (χ0n) is 19.6. The third-order valence-corrected chi connectivity index (χ3v) is 8.37. The number of pyridine rings is 1. The highest BCUT2D eigenvalue weighted by atomic mass is 19.1. The summed E-state index contributed by atoms with van der Waals surface area (Å²) in [5.41, 5.74) is 14.0. The number of rotatable bonds is 3. The van der Waals surface area contributed by atoms with E-state index in [2.05, 4.69) is 32.5 Å². The Balaban J connectivity index is 1.37. The Labute approximate surface area is 203 Å². The fraction of sp³-hybridized carbons (Fsp3) is 0.357. The third-order valence-electron chi connectivity index (χ3n) is 8.37. The number of benzene rings is 2. The van der Waals surface area contributed by atoms with Crippen LogP contribution in [-0.4, -0.2) is 45.8 Å². The number of halogens is 1. The molecule has 4 heterocycles. The standard InChI is InChI=1S/C28H29FN6/c29-23-7-6-18(22-14-33-34-26(22)23)25-21-13-20(16-8-11-35(12-9-16)17-3-1-4-17)19-5-2-10-31-27(19)28(21)32-15-24(25)30/h2,5-7,10,13-14,16-17,32H,1,3-4,8-9,11-12,15,30H2,(H,33,34). The predicted molar refractivity (Wildman–Crippen MR) is 138 cm³/mol. The van der Waals surface area contributed by atoms with Gasteiger partial charge in [0.1, 0.15) is 11.3 Å². The van der Waals surface area contributed by atoms with Crippen molar-refractivity contribution in [2.24, 2.45) is 5.73 Å². The molecule has 4 N–H and O–H groups in total. The molecule has 1 saturated carbocycles. The van der Waals surface area contributed by atoms with Crippen molar-refractivity contribution in [1.82, 2.24) is 20.1 Å². The van der Waals surface area contributed by atoms with Crippen LogP contribution in [0.5, 0.6) is 0 Å². The van der Waals surface area contributed by atoms with Crippen LogP contribution >= 0.6 is 0 Å². The molecule has 178 valence electrons. The van der Waals surface area contributed by atoms with E-state index in [0.29, 0.717) is 18.0 Å². The van der Waals surface area contributed by atoms with Crippen LogP contribution < -0.4 is 11.1 Å². The topological polar surface area (TPSA) is 82.9 Å². The lowest BCUT2D eigenvalue weighted by molar-refractivity contribution is 0.0977. The summed E-state index contributed by atoms with van der Waals surface area (Å²) in [5.74, 6) is 0.170. The first kappa shape index (κ1) is 20.9. The summed E-state index contributed by atoms with van der Waals surface area (Å²) < 4.78 is 14.4. The maximum Gasteiger partial charge on any atom is 0.148 e. The van der Waals surface area contributed by atoms with Gasteiger partial charge in [0.15, 0.2) is 0 Å². The molecule has 0 amide bonds. The van der Waals surface area contributed by atoms with Gasteiger partial charge in [0.2, 0.25) is 0 Å². The molecular weight excluding hydrogens is 439 g/mol. The lowest BCUT2D eigenvalue weighted by Gasteiger charge is -2.42. The predicted octanol–water partition coefficient (Wildman–Crippen LogP) is 5.13. The zero-order valence-corrected chi connectivity index (χ0v) is 19.6. The first-order chi connectivity index (χ1) is 17.2. The van der Waals surface area contributed by atoms with E-state index >= 15 is 0 Å². The first-order valence-corrected chi connectivity index (χ1v) is 12.7. The van der Waals surface area contributed by atoms with Gasteiger partial charge in [0, 0.05) is 39.8 Å². The van der Waals surface area contributed by atoms with E-state index < -0.39 is 0 Å². The molecule has 0 atom stereocenters. The minimum atomic E-state index is -0.311. The smallest absolute Gasteiger partial charge is 0.148 e. The van der Waals surface area contributed by atoms with Gasteiger partial charge in [0.05, 0.1) is 23.9 Å². The average Bonchev–Trinajstić information content (AvgIpc) is 3.35. The van der Waals surface area contributed by atoms with Gasteiger partial charge in [-0.3, -0.25) is 10.1 Å². The number of aromatic amines is 1. The van der Waals surface area contributed by atoms with Crippen molar-refractivity contribution in [3.63, 3.8) is 0 Å².